The Morgan fingerprint density at radius 3 is 2.82 bits per heavy atom. The molecular formula is C13H26N2O2. The monoisotopic (exact) mass is 242 g/mol. The highest BCUT2D eigenvalue weighted by Crippen LogP contribution is 2.18. The molecule has 0 saturated carbocycles. The van der Waals surface area contributed by atoms with Crippen LogP contribution in [-0.4, -0.2) is 49.7 Å². The molecule has 0 aromatic rings. The van der Waals surface area contributed by atoms with Crippen LogP contribution in [0, 0.1) is 5.92 Å². The lowest BCUT2D eigenvalue weighted by Crippen LogP contribution is -2.43. The van der Waals surface area contributed by atoms with Gasteiger partial charge >= 0.3 is 0 Å². The number of rotatable bonds is 5. The fourth-order valence-electron chi connectivity index (χ4n) is 2.20. The van der Waals surface area contributed by atoms with Gasteiger partial charge < -0.3 is 15.0 Å². The van der Waals surface area contributed by atoms with Gasteiger partial charge in [-0.2, -0.15) is 0 Å². The molecule has 2 unspecified atom stereocenters. The van der Waals surface area contributed by atoms with Gasteiger partial charge in [0.2, 0.25) is 5.91 Å². The summed E-state index contributed by atoms with van der Waals surface area (Å²) in [7, 11) is 1.87. The number of likely N-dealkylation sites (N-methyl/N-ethyl adjacent to an activating group) is 1. The largest absolute Gasteiger partial charge is 0.377 e. The lowest BCUT2D eigenvalue weighted by molar-refractivity contribution is -0.136. The molecule has 1 N–H and O–H groups in total. The lowest BCUT2D eigenvalue weighted by Gasteiger charge is -2.30. The van der Waals surface area contributed by atoms with Crippen LogP contribution in [0.15, 0.2) is 0 Å². The van der Waals surface area contributed by atoms with Gasteiger partial charge in [-0.25, -0.2) is 0 Å². The van der Waals surface area contributed by atoms with E-state index in [1.165, 1.54) is 0 Å². The summed E-state index contributed by atoms with van der Waals surface area (Å²) in [5, 5.41) is 3.37. The van der Waals surface area contributed by atoms with Gasteiger partial charge in [0, 0.05) is 25.6 Å². The predicted octanol–water partition coefficient (Wildman–Crippen LogP) is 1.26. The molecule has 1 saturated heterocycles. The third-order valence-electron chi connectivity index (χ3n) is 3.23. The van der Waals surface area contributed by atoms with E-state index in [9.17, 15) is 4.79 Å². The summed E-state index contributed by atoms with van der Waals surface area (Å²) in [5.41, 5.74) is 0. The van der Waals surface area contributed by atoms with Gasteiger partial charge in [-0.05, 0) is 40.2 Å². The van der Waals surface area contributed by atoms with E-state index in [1.807, 2.05) is 25.8 Å². The Bertz CT molecular complexity index is 244. The standard InChI is InChI=1S/C13H26N2O2/c1-10(2)17-8-7-15(4)13(16)12-5-6-14-11(3)9-12/h10-12,14H,5-9H2,1-4H3. The molecule has 1 heterocycles. The summed E-state index contributed by atoms with van der Waals surface area (Å²) in [4.78, 5) is 14.0. The van der Waals surface area contributed by atoms with Crippen molar-refractivity contribution in [2.45, 2.75) is 45.8 Å². The zero-order valence-corrected chi connectivity index (χ0v) is 11.5. The Balaban J connectivity index is 2.30. The molecule has 1 aliphatic heterocycles. The van der Waals surface area contributed by atoms with Crippen LogP contribution in [-0.2, 0) is 9.53 Å². The molecule has 100 valence electrons. The Hall–Kier alpha value is -0.610. The Morgan fingerprint density at radius 2 is 2.24 bits per heavy atom. The Morgan fingerprint density at radius 1 is 1.53 bits per heavy atom. The van der Waals surface area contributed by atoms with E-state index in [4.69, 9.17) is 4.74 Å². The molecule has 1 aliphatic rings. The SMILES string of the molecule is CC1CC(C(=O)N(C)CCOC(C)C)CCN1. The maximum Gasteiger partial charge on any atom is 0.225 e. The normalized spacial score (nSPS) is 25.0. The van der Waals surface area contributed by atoms with Crippen molar-refractivity contribution in [1.29, 1.82) is 0 Å². The van der Waals surface area contributed by atoms with Crippen molar-refractivity contribution in [2.75, 3.05) is 26.7 Å². The van der Waals surface area contributed by atoms with Crippen LogP contribution in [0.1, 0.15) is 33.6 Å². The molecule has 1 amide bonds. The van der Waals surface area contributed by atoms with Crippen LogP contribution in [0.4, 0.5) is 0 Å². The molecule has 0 aromatic heterocycles. The van der Waals surface area contributed by atoms with Crippen molar-refractivity contribution >= 4 is 5.91 Å². The fraction of sp³-hybridized carbons (Fsp3) is 0.923. The van der Waals surface area contributed by atoms with Crippen molar-refractivity contribution in [1.82, 2.24) is 10.2 Å². The molecule has 1 rings (SSSR count). The van der Waals surface area contributed by atoms with Crippen LogP contribution in [0.2, 0.25) is 0 Å². The minimum atomic E-state index is 0.190. The van der Waals surface area contributed by atoms with Crippen molar-refractivity contribution in [3.63, 3.8) is 0 Å². The number of piperidine rings is 1. The van der Waals surface area contributed by atoms with Crippen LogP contribution >= 0.6 is 0 Å². The van der Waals surface area contributed by atoms with Crippen LogP contribution in [0.25, 0.3) is 0 Å². The van der Waals surface area contributed by atoms with Gasteiger partial charge in [-0.15, -0.1) is 0 Å². The second-order valence-electron chi connectivity index (χ2n) is 5.26. The number of carbonyl (C=O) groups excluding carboxylic acids is 1. The van der Waals surface area contributed by atoms with E-state index in [2.05, 4.69) is 12.2 Å². The molecule has 0 aliphatic carbocycles. The first kappa shape index (κ1) is 14.5. The summed E-state index contributed by atoms with van der Waals surface area (Å²) in [6, 6.07) is 0.456. The van der Waals surface area contributed by atoms with Crippen molar-refractivity contribution < 1.29 is 9.53 Å². The van der Waals surface area contributed by atoms with Crippen LogP contribution < -0.4 is 5.32 Å². The summed E-state index contributed by atoms with van der Waals surface area (Å²) < 4.78 is 5.46. The Labute approximate surface area is 105 Å². The van der Waals surface area contributed by atoms with Gasteiger partial charge in [0.05, 0.1) is 12.7 Å². The molecule has 0 radical (unpaired) electrons. The van der Waals surface area contributed by atoms with Crippen molar-refractivity contribution in [3.8, 4) is 0 Å². The second-order valence-corrected chi connectivity index (χ2v) is 5.26. The highest BCUT2D eigenvalue weighted by molar-refractivity contribution is 5.78. The van der Waals surface area contributed by atoms with E-state index in [0.717, 1.165) is 19.4 Å². The minimum absolute atomic E-state index is 0.190. The summed E-state index contributed by atoms with van der Waals surface area (Å²) in [6.07, 6.45) is 2.14. The number of hydrogen-bond acceptors (Lipinski definition) is 3. The number of ether oxygens (including phenoxy) is 1. The summed E-state index contributed by atoms with van der Waals surface area (Å²) in [6.45, 7) is 8.43. The quantitative estimate of drug-likeness (QED) is 0.789. The second kappa shape index (κ2) is 6.97. The number of hydrogen-bond donors (Lipinski definition) is 1. The average molecular weight is 242 g/mol. The van der Waals surface area contributed by atoms with Gasteiger partial charge in [-0.1, -0.05) is 0 Å². The molecule has 0 bridgehead atoms. The van der Waals surface area contributed by atoms with Gasteiger partial charge in [0.1, 0.15) is 0 Å². The maximum absolute atomic E-state index is 12.2. The first-order valence-electron chi connectivity index (χ1n) is 6.60. The first-order chi connectivity index (χ1) is 8.00. The third-order valence-corrected chi connectivity index (χ3v) is 3.23. The predicted molar refractivity (Wildman–Crippen MR) is 68.9 cm³/mol. The highest BCUT2D eigenvalue weighted by atomic mass is 16.5. The van der Waals surface area contributed by atoms with Crippen LogP contribution in [0.5, 0.6) is 0 Å². The van der Waals surface area contributed by atoms with Gasteiger partial charge in [0.25, 0.3) is 0 Å². The maximum atomic E-state index is 12.2. The van der Waals surface area contributed by atoms with Gasteiger partial charge in [0.15, 0.2) is 0 Å². The molecule has 4 heteroatoms. The topological polar surface area (TPSA) is 41.6 Å². The van der Waals surface area contributed by atoms with E-state index in [-0.39, 0.29) is 17.9 Å². The van der Waals surface area contributed by atoms with E-state index in [0.29, 0.717) is 19.2 Å². The minimum Gasteiger partial charge on any atom is -0.377 e. The van der Waals surface area contributed by atoms with Gasteiger partial charge in [-0.3, -0.25) is 4.79 Å². The highest BCUT2D eigenvalue weighted by Gasteiger charge is 2.26. The summed E-state index contributed by atoms with van der Waals surface area (Å²) in [5.74, 6) is 0.459. The smallest absolute Gasteiger partial charge is 0.225 e. The van der Waals surface area contributed by atoms with Crippen molar-refractivity contribution in [3.05, 3.63) is 0 Å². The molecule has 1 fully saturated rings. The van der Waals surface area contributed by atoms with E-state index >= 15 is 0 Å². The molecule has 0 aromatic carbocycles. The first-order valence-corrected chi connectivity index (χ1v) is 6.60. The van der Waals surface area contributed by atoms with E-state index in [1.54, 1.807) is 0 Å². The average Bonchev–Trinajstić information content (AvgIpc) is 2.27. The molecule has 17 heavy (non-hydrogen) atoms. The molecular weight excluding hydrogens is 216 g/mol. The van der Waals surface area contributed by atoms with Crippen LogP contribution in [0.3, 0.4) is 0 Å². The zero-order chi connectivity index (χ0) is 12.8. The summed E-state index contributed by atoms with van der Waals surface area (Å²) >= 11 is 0. The number of nitrogens with zero attached hydrogens (tertiary/aromatic N) is 1. The molecule has 0 spiro atoms. The third kappa shape index (κ3) is 5.04. The Kier molecular flexibility index (Phi) is 5.92. The number of amides is 1. The number of nitrogens with one attached hydrogen (secondary N) is 1. The number of carbonyl (C=O) groups is 1. The fourth-order valence-corrected chi connectivity index (χ4v) is 2.20. The molecule has 2 atom stereocenters. The van der Waals surface area contributed by atoms with E-state index < -0.39 is 0 Å². The lowest BCUT2D eigenvalue weighted by atomic mass is 9.92. The van der Waals surface area contributed by atoms with Crippen molar-refractivity contribution in [2.24, 2.45) is 5.92 Å². The molecule has 4 nitrogen and oxygen atoms in total. The zero-order valence-electron chi connectivity index (χ0n) is 11.5.